The zero-order valence-corrected chi connectivity index (χ0v) is 9.42. The van der Waals surface area contributed by atoms with E-state index in [1.165, 1.54) is 0 Å². The van der Waals surface area contributed by atoms with Gasteiger partial charge in [-0.3, -0.25) is 0 Å². The summed E-state index contributed by atoms with van der Waals surface area (Å²) in [4.78, 5) is 0. The third-order valence-corrected chi connectivity index (χ3v) is 2.93. The Morgan fingerprint density at radius 1 is 1.47 bits per heavy atom. The highest BCUT2D eigenvalue weighted by Gasteiger charge is 2.26. The van der Waals surface area contributed by atoms with Gasteiger partial charge in [0.2, 0.25) is 0 Å². The molecule has 0 radical (unpaired) electrons. The fourth-order valence-electron chi connectivity index (χ4n) is 1.79. The predicted molar refractivity (Wildman–Crippen MR) is 62.6 cm³/mol. The van der Waals surface area contributed by atoms with Gasteiger partial charge in [0.25, 0.3) is 0 Å². The molecule has 0 spiro atoms. The van der Waals surface area contributed by atoms with Gasteiger partial charge in [-0.1, -0.05) is 11.6 Å². The smallest absolute Gasteiger partial charge is 0.142 e. The molecule has 3 nitrogen and oxygen atoms in total. The number of nitrogens with one attached hydrogen (secondary N) is 1. The van der Waals surface area contributed by atoms with E-state index >= 15 is 0 Å². The van der Waals surface area contributed by atoms with Crippen molar-refractivity contribution in [2.45, 2.75) is 24.9 Å². The summed E-state index contributed by atoms with van der Waals surface area (Å²) in [5.74, 6) is 0.819. The van der Waals surface area contributed by atoms with Crippen molar-refractivity contribution in [3.8, 4) is 5.75 Å². The average molecular weight is 227 g/mol. The first-order valence-electron chi connectivity index (χ1n) is 5.04. The molecule has 82 valence electrons. The standard InChI is InChI=1S/C11H15ClN2O/c1-15-11-3-2-7(12)4-10(11)14-9-5-8(13)6-9/h2-4,8-9,14H,5-6,13H2,1H3. The van der Waals surface area contributed by atoms with Crippen LogP contribution in [0.1, 0.15) is 12.8 Å². The molecule has 15 heavy (non-hydrogen) atoms. The van der Waals surface area contributed by atoms with Crippen molar-refractivity contribution in [2.75, 3.05) is 12.4 Å². The van der Waals surface area contributed by atoms with Crippen LogP contribution in [0.2, 0.25) is 5.02 Å². The van der Waals surface area contributed by atoms with Gasteiger partial charge >= 0.3 is 0 Å². The van der Waals surface area contributed by atoms with Crippen molar-refractivity contribution >= 4 is 17.3 Å². The number of methoxy groups -OCH3 is 1. The SMILES string of the molecule is COc1ccc(Cl)cc1NC1CC(N)C1. The lowest BCUT2D eigenvalue weighted by Crippen LogP contribution is -2.44. The Kier molecular flexibility index (Phi) is 3.03. The molecule has 1 aromatic rings. The highest BCUT2D eigenvalue weighted by molar-refractivity contribution is 6.30. The highest BCUT2D eigenvalue weighted by Crippen LogP contribution is 2.31. The zero-order valence-electron chi connectivity index (χ0n) is 8.66. The van der Waals surface area contributed by atoms with Gasteiger partial charge in [0.1, 0.15) is 5.75 Å². The van der Waals surface area contributed by atoms with Crippen LogP contribution in [0.3, 0.4) is 0 Å². The van der Waals surface area contributed by atoms with E-state index in [9.17, 15) is 0 Å². The van der Waals surface area contributed by atoms with E-state index < -0.39 is 0 Å². The number of halogens is 1. The van der Waals surface area contributed by atoms with E-state index in [1.807, 2.05) is 18.2 Å². The molecule has 4 heteroatoms. The van der Waals surface area contributed by atoms with Crippen molar-refractivity contribution in [3.05, 3.63) is 23.2 Å². The molecule has 0 aromatic heterocycles. The van der Waals surface area contributed by atoms with E-state index in [-0.39, 0.29) is 0 Å². The Morgan fingerprint density at radius 3 is 2.80 bits per heavy atom. The summed E-state index contributed by atoms with van der Waals surface area (Å²) in [7, 11) is 1.65. The fraction of sp³-hybridized carbons (Fsp3) is 0.455. The first-order chi connectivity index (χ1) is 7.19. The molecule has 1 saturated carbocycles. The van der Waals surface area contributed by atoms with Crippen LogP contribution in [0.25, 0.3) is 0 Å². The van der Waals surface area contributed by atoms with Gasteiger partial charge < -0.3 is 15.8 Å². The van der Waals surface area contributed by atoms with Crippen LogP contribution in [0.15, 0.2) is 18.2 Å². The van der Waals surface area contributed by atoms with E-state index in [2.05, 4.69) is 5.32 Å². The second-order valence-electron chi connectivity index (χ2n) is 3.92. The van der Waals surface area contributed by atoms with Gasteiger partial charge in [-0.15, -0.1) is 0 Å². The molecule has 0 bridgehead atoms. The highest BCUT2D eigenvalue weighted by atomic mass is 35.5. The van der Waals surface area contributed by atoms with Crippen molar-refractivity contribution in [2.24, 2.45) is 5.73 Å². The topological polar surface area (TPSA) is 47.3 Å². The van der Waals surface area contributed by atoms with Crippen LogP contribution in [-0.4, -0.2) is 19.2 Å². The number of nitrogens with two attached hydrogens (primary N) is 1. The second kappa shape index (κ2) is 4.29. The van der Waals surface area contributed by atoms with Crippen molar-refractivity contribution in [1.82, 2.24) is 0 Å². The molecule has 0 saturated heterocycles. The Hall–Kier alpha value is -0.930. The maximum Gasteiger partial charge on any atom is 0.142 e. The molecule has 1 aromatic carbocycles. The largest absolute Gasteiger partial charge is 0.495 e. The third kappa shape index (κ3) is 2.36. The van der Waals surface area contributed by atoms with Crippen LogP contribution < -0.4 is 15.8 Å². The molecule has 1 aliphatic rings. The summed E-state index contributed by atoms with van der Waals surface area (Å²) in [6, 6.07) is 6.35. The van der Waals surface area contributed by atoms with Gasteiger partial charge in [-0.25, -0.2) is 0 Å². The lowest BCUT2D eigenvalue weighted by Gasteiger charge is -2.34. The molecule has 2 rings (SSSR count). The van der Waals surface area contributed by atoms with Crippen molar-refractivity contribution in [1.29, 1.82) is 0 Å². The third-order valence-electron chi connectivity index (χ3n) is 2.70. The average Bonchev–Trinajstić information content (AvgIpc) is 2.16. The zero-order chi connectivity index (χ0) is 10.8. The number of benzene rings is 1. The molecular weight excluding hydrogens is 212 g/mol. The number of rotatable bonds is 3. The summed E-state index contributed by atoms with van der Waals surface area (Å²) in [6.07, 6.45) is 2.02. The Morgan fingerprint density at radius 2 is 2.20 bits per heavy atom. The summed E-state index contributed by atoms with van der Waals surface area (Å²) < 4.78 is 5.24. The molecule has 0 amide bonds. The minimum absolute atomic E-state index is 0.340. The molecule has 1 fully saturated rings. The van der Waals surface area contributed by atoms with E-state index in [0.29, 0.717) is 17.1 Å². The maximum absolute atomic E-state index is 5.93. The Labute approximate surface area is 94.6 Å². The summed E-state index contributed by atoms with van der Waals surface area (Å²) >= 11 is 5.93. The fourth-order valence-corrected chi connectivity index (χ4v) is 1.96. The monoisotopic (exact) mass is 226 g/mol. The normalized spacial score (nSPS) is 24.5. The molecule has 0 aliphatic heterocycles. The molecule has 0 atom stereocenters. The van der Waals surface area contributed by atoms with E-state index in [1.54, 1.807) is 7.11 Å². The first-order valence-corrected chi connectivity index (χ1v) is 5.42. The van der Waals surface area contributed by atoms with Crippen LogP contribution in [0, 0.1) is 0 Å². The van der Waals surface area contributed by atoms with E-state index in [4.69, 9.17) is 22.1 Å². The summed E-state index contributed by atoms with van der Waals surface area (Å²) in [5, 5.41) is 4.09. The van der Waals surface area contributed by atoms with Crippen molar-refractivity contribution in [3.63, 3.8) is 0 Å². The minimum atomic E-state index is 0.340. The number of ether oxygens (including phenoxy) is 1. The lowest BCUT2D eigenvalue weighted by molar-refractivity contribution is 0.370. The minimum Gasteiger partial charge on any atom is -0.495 e. The second-order valence-corrected chi connectivity index (χ2v) is 4.35. The predicted octanol–water partition coefficient (Wildman–Crippen LogP) is 2.25. The number of hydrogen-bond donors (Lipinski definition) is 2. The van der Waals surface area contributed by atoms with Gasteiger partial charge in [0.05, 0.1) is 12.8 Å². The van der Waals surface area contributed by atoms with Gasteiger partial charge in [0.15, 0.2) is 0 Å². The quantitative estimate of drug-likeness (QED) is 0.831. The van der Waals surface area contributed by atoms with Crippen molar-refractivity contribution < 1.29 is 4.74 Å². The molecular formula is C11H15ClN2O. The maximum atomic E-state index is 5.93. The van der Waals surface area contributed by atoms with Gasteiger partial charge in [-0.2, -0.15) is 0 Å². The Balaban J connectivity index is 2.08. The van der Waals surface area contributed by atoms with Crippen LogP contribution in [0.5, 0.6) is 5.75 Å². The lowest BCUT2D eigenvalue weighted by atomic mass is 9.87. The van der Waals surface area contributed by atoms with Crippen LogP contribution in [-0.2, 0) is 0 Å². The van der Waals surface area contributed by atoms with Gasteiger partial charge in [0, 0.05) is 17.1 Å². The summed E-state index contributed by atoms with van der Waals surface area (Å²) in [5.41, 5.74) is 6.67. The van der Waals surface area contributed by atoms with Crippen LogP contribution >= 0.6 is 11.6 Å². The molecule has 1 aliphatic carbocycles. The molecule has 0 heterocycles. The number of anilines is 1. The van der Waals surface area contributed by atoms with Crippen LogP contribution in [0.4, 0.5) is 5.69 Å². The first kappa shape index (κ1) is 10.6. The summed E-state index contributed by atoms with van der Waals surface area (Å²) in [6.45, 7) is 0. The molecule has 3 N–H and O–H groups in total. The number of hydrogen-bond acceptors (Lipinski definition) is 3. The Bertz CT molecular complexity index is 350. The molecule has 0 unspecified atom stereocenters. The van der Waals surface area contributed by atoms with Gasteiger partial charge in [-0.05, 0) is 31.0 Å². The van der Waals surface area contributed by atoms with E-state index in [0.717, 1.165) is 24.3 Å².